The Morgan fingerprint density at radius 2 is 2.05 bits per heavy atom. The van der Waals surface area contributed by atoms with Crippen LogP contribution in [0.3, 0.4) is 0 Å². The van der Waals surface area contributed by atoms with Crippen LogP contribution in [0.25, 0.3) is 0 Å². The van der Waals surface area contributed by atoms with E-state index in [4.69, 9.17) is 4.74 Å². The Labute approximate surface area is 127 Å². The van der Waals surface area contributed by atoms with Gasteiger partial charge in [-0.15, -0.1) is 0 Å². The first-order chi connectivity index (χ1) is 10.6. The molecule has 0 spiro atoms. The first-order valence-electron chi connectivity index (χ1n) is 6.71. The van der Waals surface area contributed by atoms with Gasteiger partial charge in [-0.05, 0) is 46.2 Å². The SMILES string of the molecule is CCc1ccc(NC(=O)COc2cccnc2[N+](=O)[O-])cc1. The molecule has 22 heavy (non-hydrogen) atoms. The lowest BCUT2D eigenvalue weighted by Crippen LogP contribution is -2.20. The number of amides is 1. The second kappa shape index (κ2) is 7.16. The second-order valence-corrected chi connectivity index (χ2v) is 4.47. The monoisotopic (exact) mass is 301 g/mol. The highest BCUT2D eigenvalue weighted by molar-refractivity contribution is 5.91. The van der Waals surface area contributed by atoms with Crippen molar-refractivity contribution in [1.82, 2.24) is 4.98 Å². The molecule has 1 heterocycles. The fourth-order valence-corrected chi connectivity index (χ4v) is 1.80. The Kier molecular flexibility index (Phi) is 5.02. The average Bonchev–Trinajstić information content (AvgIpc) is 2.54. The first-order valence-corrected chi connectivity index (χ1v) is 6.71. The van der Waals surface area contributed by atoms with Crippen molar-refractivity contribution < 1.29 is 14.5 Å². The van der Waals surface area contributed by atoms with Crippen LogP contribution in [0.2, 0.25) is 0 Å². The average molecular weight is 301 g/mol. The standard InChI is InChI=1S/C15H15N3O4/c1-2-11-5-7-12(8-6-11)17-14(19)10-22-13-4-3-9-16-15(13)18(20)21/h3-9H,2,10H2,1H3,(H,17,19). The zero-order chi connectivity index (χ0) is 15.9. The third-order valence-electron chi connectivity index (χ3n) is 2.93. The van der Waals surface area contributed by atoms with Gasteiger partial charge in [0.05, 0.1) is 0 Å². The fraction of sp³-hybridized carbons (Fsp3) is 0.200. The van der Waals surface area contributed by atoms with Crippen LogP contribution >= 0.6 is 0 Å². The van der Waals surface area contributed by atoms with Crippen LogP contribution < -0.4 is 10.1 Å². The number of carbonyl (C=O) groups is 1. The number of carbonyl (C=O) groups excluding carboxylic acids is 1. The highest BCUT2D eigenvalue weighted by Gasteiger charge is 2.16. The maximum absolute atomic E-state index is 11.8. The van der Waals surface area contributed by atoms with E-state index in [9.17, 15) is 14.9 Å². The quantitative estimate of drug-likeness (QED) is 0.653. The van der Waals surface area contributed by atoms with Crippen molar-refractivity contribution in [1.29, 1.82) is 0 Å². The molecule has 2 rings (SSSR count). The molecule has 1 aromatic heterocycles. The van der Waals surface area contributed by atoms with Crippen molar-refractivity contribution in [2.45, 2.75) is 13.3 Å². The molecule has 0 bridgehead atoms. The first kappa shape index (κ1) is 15.4. The van der Waals surface area contributed by atoms with Gasteiger partial charge in [-0.1, -0.05) is 19.1 Å². The molecular formula is C15H15N3O4. The molecule has 0 unspecified atom stereocenters. The van der Waals surface area contributed by atoms with Gasteiger partial charge < -0.3 is 20.2 Å². The molecule has 1 amide bonds. The van der Waals surface area contributed by atoms with E-state index in [1.54, 1.807) is 12.1 Å². The van der Waals surface area contributed by atoms with Crippen molar-refractivity contribution in [2.24, 2.45) is 0 Å². The van der Waals surface area contributed by atoms with Crippen molar-refractivity contribution in [2.75, 3.05) is 11.9 Å². The maximum atomic E-state index is 11.8. The Balaban J connectivity index is 1.94. The van der Waals surface area contributed by atoms with Crippen LogP contribution in [0.15, 0.2) is 42.6 Å². The maximum Gasteiger partial charge on any atom is 0.406 e. The molecule has 0 aliphatic rings. The van der Waals surface area contributed by atoms with Gasteiger partial charge in [0.2, 0.25) is 5.75 Å². The Bertz CT molecular complexity index is 671. The summed E-state index contributed by atoms with van der Waals surface area (Å²) in [5, 5.41) is 13.4. The molecule has 0 atom stereocenters. The number of nitrogens with zero attached hydrogens (tertiary/aromatic N) is 2. The van der Waals surface area contributed by atoms with E-state index in [1.165, 1.54) is 23.9 Å². The van der Waals surface area contributed by atoms with E-state index in [0.717, 1.165) is 6.42 Å². The smallest absolute Gasteiger partial charge is 0.406 e. The van der Waals surface area contributed by atoms with Crippen LogP contribution in [-0.2, 0) is 11.2 Å². The van der Waals surface area contributed by atoms with E-state index in [0.29, 0.717) is 5.69 Å². The van der Waals surface area contributed by atoms with Crippen molar-refractivity contribution >= 4 is 17.4 Å². The lowest BCUT2D eigenvalue weighted by Gasteiger charge is -2.08. The topological polar surface area (TPSA) is 94.4 Å². The minimum Gasteiger partial charge on any atom is -0.476 e. The lowest BCUT2D eigenvalue weighted by molar-refractivity contribution is -0.390. The van der Waals surface area contributed by atoms with E-state index in [1.807, 2.05) is 19.1 Å². The largest absolute Gasteiger partial charge is 0.476 e. The molecule has 7 nitrogen and oxygen atoms in total. The number of aryl methyl sites for hydroxylation is 1. The number of hydrogen-bond donors (Lipinski definition) is 1. The molecule has 0 saturated carbocycles. The molecule has 0 fully saturated rings. The minimum atomic E-state index is -0.656. The number of aromatic nitrogens is 1. The summed E-state index contributed by atoms with van der Waals surface area (Å²) in [6.07, 6.45) is 2.21. The molecule has 1 aromatic carbocycles. The molecule has 114 valence electrons. The summed E-state index contributed by atoms with van der Waals surface area (Å²) in [4.78, 5) is 25.5. The molecule has 2 aromatic rings. The molecule has 0 radical (unpaired) electrons. The summed E-state index contributed by atoms with van der Waals surface area (Å²) in [5.41, 5.74) is 1.81. The summed E-state index contributed by atoms with van der Waals surface area (Å²) < 4.78 is 5.16. The predicted octanol–water partition coefficient (Wildman–Crippen LogP) is 2.57. The number of nitro groups is 1. The van der Waals surface area contributed by atoms with Crippen LogP contribution in [0.5, 0.6) is 5.75 Å². The fourth-order valence-electron chi connectivity index (χ4n) is 1.80. The number of ether oxygens (including phenoxy) is 1. The molecular weight excluding hydrogens is 286 g/mol. The second-order valence-electron chi connectivity index (χ2n) is 4.47. The molecule has 7 heteroatoms. The van der Waals surface area contributed by atoms with Crippen LogP contribution in [0, 0.1) is 10.1 Å². The number of pyridine rings is 1. The van der Waals surface area contributed by atoms with Crippen molar-refractivity contribution in [3.05, 3.63) is 58.3 Å². The van der Waals surface area contributed by atoms with E-state index in [2.05, 4.69) is 10.3 Å². The minimum absolute atomic E-state index is 0.0380. The number of hydrogen-bond acceptors (Lipinski definition) is 5. The third-order valence-corrected chi connectivity index (χ3v) is 2.93. The third kappa shape index (κ3) is 4.02. The Morgan fingerprint density at radius 3 is 2.68 bits per heavy atom. The van der Waals surface area contributed by atoms with E-state index in [-0.39, 0.29) is 12.4 Å². The van der Waals surface area contributed by atoms with Crippen LogP contribution in [0.1, 0.15) is 12.5 Å². The summed E-state index contributed by atoms with van der Waals surface area (Å²) >= 11 is 0. The normalized spacial score (nSPS) is 10.0. The highest BCUT2D eigenvalue weighted by Crippen LogP contribution is 2.22. The van der Waals surface area contributed by atoms with Gasteiger partial charge in [-0.3, -0.25) is 4.79 Å². The van der Waals surface area contributed by atoms with Gasteiger partial charge in [-0.25, -0.2) is 0 Å². The predicted molar refractivity (Wildman–Crippen MR) is 80.8 cm³/mol. The zero-order valence-electron chi connectivity index (χ0n) is 12.0. The summed E-state index contributed by atoms with van der Waals surface area (Å²) in [5.74, 6) is -0.853. The number of nitrogens with one attached hydrogen (secondary N) is 1. The van der Waals surface area contributed by atoms with E-state index >= 15 is 0 Å². The van der Waals surface area contributed by atoms with E-state index < -0.39 is 16.6 Å². The zero-order valence-corrected chi connectivity index (χ0v) is 12.0. The van der Waals surface area contributed by atoms with Gasteiger partial charge in [0.15, 0.2) is 6.61 Å². The summed E-state index contributed by atoms with van der Waals surface area (Å²) in [6.45, 7) is 1.71. The Hall–Kier alpha value is -2.96. The Morgan fingerprint density at radius 1 is 1.32 bits per heavy atom. The van der Waals surface area contributed by atoms with Gasteiger partial charge >= 0.3 is 5.82 Å². The summed E-state index contributed by atoms with van der Waals surface area (Å²) in [6, 6.07) is 10.3. The van der Waals surface area contributed by atoms with Crippen molar-refractivity contribution in [3.63, 3.8) is 0 Å². The van der Waals surface area contributed by atoms with Gasteiger partial charge in [-0.2, -0.15) is 0 Å². The van der Waals surface area contributed by atoms with Crippen LogP contribution in [0.4, 0.5) is 11.5 Å². The molecule has 0 aliphatic heterocycles. The van der Waals surface area contributed by atoms with Gasteiger partial charge in [0.1, 0.15) is 6.20 Å². The molecule has 1 N–H and O–H groups in total. The highest BCUT2D eigenvalue weighted by atomic mass is 16.6. The van der Waals surface area contributed by atoms with Crippen LogP contribution in [-0.4, -0.2) is 22.4 Å². The van der Waals surface area contributed by atoms with Gasteiger partial charge in [0, 0.05) is 5.69 Å². The summed E-state index contributed by atoms with van der Waals surface area (Å²) in [7, 11) is 0. The molecule has 0 saturated heterocycles. The number of benzene rings is 1. The lowest BCUT2D eigenvalue weighted by atomic mass is 10.1. The number of anilines is 1. The molecule has 0 aliphatic carbocycles. The number of rotatable bonds is 6. The van der Waals surface area contributed by atoms with Gasteiger partial charge in [0.25, 0.3) is 5.91 Å². The van der Waals surface area contributed by atoms with Crippen molar-refractivity contribution in [3.8, 4) is 5.75 Å².